The minimum atomic E-state index is 0.196. The molecular formula is C12H19N3O. The predicted octanol–water partition coefficient (Wildman–Crippen LogP) is 2.09. The van der Waals surface area contributed by atoms with Crippen molar-refractivity contribution in [2.75, 3.05) is 6.54 Å². The first kappa shape index (κ1) is 10.1. The SMILES string of the molecule is c1nn(C2CCCC2)cc1OC1CCCN1. The van der Waals surface area contributed by atoms with E-state index in [0.717, 1.165) is 18.7 Å². The molecule has 1 aliphatic carbocycles. The summed E-state index contributed by atoms with van der Waals surface area (Å²) in [7, 11) is 0. The molecule has 3 rings (SSSR count). The van der Waals surface area contributed by atoms with Gasteiger partial charge in [0.25, 0.3) is 0 Å². The highest BCUT2D eigenvalue weighted by Crippen LogP contribution is 2.30. The van der Waals surface area contributed by atoms with Crippen molar-refractivity contribution in [3.8, 4) is 5.75 Å². The molecule has 88 valence electrons. The summed E-state index contributed by atoms with van der Waals surface area (Å²) in [5.41, 5.74) is 0. The molecule has 0 aromatic carbocycles. The zero-order chi connectivity index (χ0) is 10.8. The van der Waals surface area contributed by atoms with Crippen LogP contribution in [0.5, 0.6) is 5.75 Å². The standard InChI is InChI=1S/C12H19N3O/c1-2-5-10(4-1)15-9-11(8-14-15)16-12-6-3-7-13-12/h8-10,12-13H,1-7H2. The Kier molecular flexibility index (Phi) is 2.82. The second-order valence-electron chi connectivity index (χ2n) is 4.80. The van der Waals surface area contributed by atoms with Gasteiger partial charge in [-0.1, -0.05) is 12.8 Å². The van der Waals surface area contributed by atoms with Gasteiger partial charge in [0.2, 0.25) is 0 Å². The van der Waals surface area contributed by atoms with Crippen LogP contribution in [0.1, 0.15) is 44.6 Å². The van der Waals surface area contributed by atoms with E-state index in [4.69, 9.17) is 4.74 Å². The molecule has 1 N–H and O–H groups in total. The monoisotopic (exact) mass is 221 g/mol. The highest BCUT2D eigenvalue weighted by Gasteiger charge is 2.19. The van der Waals surface area contributed by atoms with Gasteiger partial charge in [0, 0.05) is 0 Å². The van der Waals surface area contributed by atoms with Gasteiger partial charge in [-0.2, -0.15) is 5.10 Å². The molecule has 1 aliphatic heterocycles. The second-order valence-corrected chi connectivity index (χ2v) is 4.80. The molecule has 0 bridgehead atoms. The van der Waals surface area contributed by atoms with Gasteiger partial charge < -0.3 is 4.74 Å². The normalized spacial score (nSPS) is 26.4. The lowest BCUT2D eigenvalue weighted by Gasteiger charge is -2.11. The first-order valence-electron chi connectivity index (χ1n) is 6.36. The van der Waals surface area contributed by atoms with Crippen molar-refractivity contribution < 1.29 is 4.74 Å². The third-order valence-electron chi connectivity index (χ3n) is 3.57. The van der Waals surface area contributed by atoms with Gasteiger partial charge in [0.05, 0.1) is 18.4 Å². The Labute approximate surface area is 96.0 Å². The van der Waals surface area contributed by atoms with Crippen LogP contribution in [-0.4, -0.2) is 22.6 Å². The number of nitrogens with one attached hydrogen (secondary N) is 1. The summed E-state index contributed by atoms with van der Waals surface area (Å²) in [6, 6.07) is 0.605. The molecule has 0 amide bonds. The topological polar surface area (TPSA) is 39.1 Å². The molecule has 1 saturated heterocycles. The third-order valence-corrected chi connectivity index (χ3v) is 3.57. The summed E-state index contributed by atoms with van der Waals surface area (Å²) >= 11 is 0. The molecule has 0 radical (unpaired) electrons. The van der Waals surface area contributed by atoms with E-state index in [1.165, 1.54) is 32.1 Å². The van der Waals surface area contributed by atoms with Gasteiger partial charge in [-0.25, -0.2) is 0 Å². The van der Waals surface area contributed by atoms with E-state index >= 15 is 0 Å². The van der Waals surface area contributed by atoms with E-state index < -0.39 is 0 Å². The van der Waals surface area contributed by atoms with Crippen LogP contribution in [0, 0.1) is 0 Å². The quantitative estimate of drug-likeness (QED) is 0.849. The highest BCUT2D eigenvalue weighted by atomic mass is 16.5. The third kappa shape index (κ3) is 2.07. The zero-order valence-corrected chi connectivity index (χ0v) is 9.56. The summed E-state index contributed by atoms with van der Waals surface area (Å²) in [5.74, 6) is 0.909. The molecule has 4 heteroatoms. The van der Waals surface area contributed by atoms with Crippen LogP contribution in [0.15, 0.2) is 12.4 Å². The van der Waals surface area contributed by atoms with Crippen LogP contribution in [0.3, 0.4) is 0 Å². The van der Waals surface area contributed by atoms with Gasteiger partial charge in [0.1, 0.15) is 6.23 Å². The number of nitrogens with zero attached hydrogens (tertiary/aromatic N) is 2. The van der Waals surface area contributed by atoms with Gasteiger partial charge in [-0.3, -0.25) is 10.00 Å². The molecular weight excluding hydrogens is 202 g/mol. The summed E-state index contributed by atoms with van der Waals surface area (Å²) in [6.45, 7) is 1.07. The highest BCUT2D eigenvalue weighted by molar-refractivity contribution is 5.13. The Morgan fingerprint density at radius 2 is 2.12 bits per heavy atom. The van der Waals surface area contributed by atoms with Gasteiger partial charge >= 0.3 is 0 Å². The molecule has 16 heavy (non-hydrogen) atoms. The van der Waals surface area contributed by atoms with Crippen LogP contribution in [0.4, 0.5) is 0 Å². The van der Waals surface area contributed by atoms with Crippen molar-refractivity contribution in [2.24, 2.45) is 0 Å². The minimum absolute atomic E-state index is 0.196. The Hall–Kier alpha value is -1.03. The van der Waals surface area contributed by atoms with Crippen molar-refractivity contribution >= 4 is 0 Å². The van der Waals surface area contributed by atoms with Crippen molar-refractivity contribution in [1.29, 1.82) is 0 Å². The Bertz CT molecular complexity index is 338. The Morgan fingerprint density at radius 1 is 1.25 bits per heavy atom. The number of ether oxygens (including phenoxy) is 1. The van der Waals surface area contributed by atoms with E-state index in [1.54, 1.807) is 0 Å². The average Bonchev–Trinajstić information content (AvgIpc) is 2.99. The Balaban J connectivity index is 1.62. The van der Waals surface area contributed by atoms with Crippen LogP contribution in [0.2, 0.25) is 0 Å². The lowest BCUT2D eigenvalue weighted by Crippen LogP contribution is -2.27. The number of aromatic nitrogens is 2. The summed E-state index contributed by atoms with van der Waals surface area (Å²) < 4.78 is 7.90. The fourth-order valence-electron chi connectivity index (χ4n) is 2.67. The fourth-order valence-corrected chi connectivity index (χ4v) is 2.67. The molecule has 1 saturated carbocycles. The van der Waals surface area contributed by atoms with Crippen molar-refractivity contribution in [2.45, 2.75) is 50.8 Å². The number of rotatable bonds is 3. The van der Waals surface area contributed by atoms with Crippen LogP contribution < -0.4 is 10.1 Å². The molecule has 1 atom stereocenters. The van der Waals surface area contributed by atoms with Crippen molar-refractivity contribution in [3.63, 3.8) is 0 Å². The van der Waals surface area contributed by atoms with Crippen LogP contribution in [0.25, 0.3) is 0 Å². The molecule has 1 aromatic heterocycles. The summed E-state index contributed by atoms with van der Waals surface area (Å²) in [6.07, 6.45) is 11.6. The molecule has 2 heterocycles. The molecule has 2 aliphatic rings. The van der Waals surface area contributed by atoms with Crippen molar-refractivity contribution in [1.82, 2.24) is 15.1 Å². The first-order valence-corrected chi connectivity index (χ1v) is 6.36. The van der Waals surface area contributed by atoms with Gasteiger partial charge in [0.15, 0.2) is 5.75 Å². The molecule has 0 spiro atoms. The minimum Gasteiger partial charge on any atom is -0.472 e. The largest absolute Gasteiger partial charge is 0.472 e. The lowest BCUT2D eigenvalue weighted by atomic mass is 10.3. The number of hydrogen-bond acceptors (Lipinski definition) is 3. The van der Waals surface area contributed by atoms with Crippen molar-refractivity contribution in [3.05, 3.63) is 12.4 Å². The van der Waals surface area contributed by atoms with E-state index in [9.17, 15) is 0 Å². The molecule has 2 fully saturated rings. The second kappa shape index (κ2) is 4.45. The maximum atomic E-state index is 5.82. The summed E-state index contributed by atoms with van der Waals surface area (Å²) in [4.78, 5) is 0. The van der Waals surface area contributed by atoms with Gasteiger partial charge in [-0.15, -0.1) is 0 Å². The maximum Gasteiger partial charge on any atom is 0.159 e. The molecule has 4 nitrogen and oxygen atoms in total. The van der Waals surface area contributed by atoms with E-state index in [2.05, 4.69) is 21.3 Å². The summed E-state index contributed by atoms with van der Waals surface area (Å²) in [5, 5.41) is 7.73. The predicted molar refractivity (Wildman–Crippen MR) is 61.4 cm³/mol. The smallest absolute Gasteiger partial charge is 0.159 e. The van der Waals surface area contributed by atoms with Crippen LogP contribution >= 0.6 is 0 Å². The average molecular weight is 221 g/mol. The van der Waals surface area contributed by atoms with E-state index in [-0.39, 0.29) is 6.23 Å². The fraction of sp³-hybridized carbons (Fsp3) is 0.750. The molecule has 1 aromatic rings. The van der Waals surface area contributed by atoms with Crippen LogP contribution in [-0.2, 0) is 0 Å². The molecule has 1 unspecified atom stereocenters. The number of hydrogen-bond donors (Lipinski definition) is 1. The Morgan fingerprint density at radius 3 is 2.88 bits per heavy atom. The van der Waals surface area contributed by atoms with E-state index in [0.29, 0.717) is 6.04 Å². The zero-order valence-electron chi connectivity index (χ0n) is 9.56. The first-order chi connectivity index (χ1) is 7.92. The van der Waals surface area contributed by atoms with E-state index in [1.807, 2.05) is 6.20 Å². The van der Waals surface area contributed by atoms with Gasteiger partial charge in [-0.05, 0) is 32.2 Å². The lowest BCUT2D eigenvalue weighted by molar-refractivity contribution is 0.187. The maximum absolute atomic E-state index is 5.82.